The van der Waals surface area contributed by atoms with E-state index in [-0.39, 0.29) is 6.29 Å². The highest BCUT2D eigenvalue weighted by Gasteiger charge is 2.54. The second-order valence-corrected chi connectivity index (χ2v) is 8.32. The molecule has 6 unspecified atom stereocenters. The average molecular weight is 314 g/mol. The number of hydrogen-bond donors (Lipinski definition) is 0. The van der Waals surface area contributed by atoms with Gasteiger partial charge in [0.25, 0.3) is 0 Å². The first-order valence-electron chi connectivity index (χ1n) is 9.51. The molecular formula is C21H30O2. The van der Waals surface area contributed by atoms with Gasteiger partial charge in [0, 0.05) is 5.92 Å². The minimum absolute atomic E-state index is 0.125. The van der Waals surface area contributed by atoms with Crippen LogP contribution < -0.4 is 4.74 Å². The van der Waals surface area contributed by atoms with E-state index >= 15 is 0 Å². The zero-order valence-electron chi connectivity index (χ0n) is 14.7. The monoisotopic (exact) mass is 314 g/mol. The molecule has 3 saturated carbocycles. The van der Waals surface area contributed by atoms with Crippen LogP contribution in [0, 0.1) is 36.5 Å². The summed E-state index contributed by atoms with van der Waals surface area (Å²) in [6.07, 6.45) is 7.35. The summed E-state index contributed by atoms with van der Waals surface area (Å²) >= 11 is 0. The number of aryl methyl sites for hydroxylation is 1. The average Bonchev–Trinajstić information content (AvgIpc) is 3.20. The second kappa shape index (κ2) is 6.12. The van der Waals surface area contributed by atoms with Gasteiger partial charge in [0.2, 0.25) is 6.29 Å². The van der Waals surface area contributed by atoms with E-state index in [9.17, 15) is 0 Å². The maximum atomic E-state index is 6.55. The lowest BCUT2D eigenvalue weighted by molar-refractivity contribution is -0.162. The molecule has 3 fully saturated rings. The van der Waals surface area contributed by atoms with Crippen molar-refractivity contribution < 1.29 is 9.47 Å². The van der Waals surface area contributed by atoms with Gasteiger partial charge < -0.3 is 9.47 Å². The molecule has 23 heavy (non-hydrogen) atoms. The maximum Gasteiger partial charge on any atom is 0.202 e. The normalized spacial score (nSPS) is 36.4. The summed E-state index contributed by atoms with van der Waals surface area (Å²) in [5.74, 6) is 5.04. The molecule has 4 rings (SSSR count). The van der Waals surface area contributed by atoms with Gasteiger partial charge in [-0.25, -0.2) is 0 Å². The molecule has 3 aliphatic carbocycles. The maximum absolute atomic E-state index is 6.55. The van der Waals surface area contributed by atoms with Crippen LogP contribution in [0.3, 0.4) is 0 Å². The number of benzene rings is 1. The van der Waals surface area contributed by atoms with Crippen molar-refractivity contribution in [3.63, 3.8) is 0 Å². The number of fused-ring (bicyclic) bond motifs is 5. The number of hydrogen-bond acceptors (Lipinski definition) is 2. The Morgan fingerprint density at radius 1 is 1.00 bits per heavy atom. The van der Waals surface area contributed by atoms with E-state index in [0.29, 0.717) is 12.0 Å². The van der Waals surface area contributed by atoms with Gasteiger partial charge in [-0.2, -0.15) is 0 Å². The van der Waals surface area contributed by atoms with Gasteiger partial charge in [-0.15, -0.1) is 0 Å². The van der Waals surface area contributed by atoms with Gasteiger partial charge in [-0.1, -0.05) is 38.5 Å². The zero-order chi connectivity index (χ0) is 16.0. The molecule has 0 aliphatic heterocycles. The molecule has 2 heteroatoms. The number of rotatable bonds is 5. The summed E-state index contributed by atoms with van der Waals surface area (Å²) in [6.45, 7) is 6.51. The van der Waals surface area contributed by atoms with Crippen molar-refractivity contribution in [3.8, 4) is 5.75 Å². The highest BCUT2D eigenvalue weighted by Crippen LogP contribution is 2.59. The number of para-hydroxylation sites is 1. The lowest BCUT2D eigenvalue weighted by atomic mass is 9.80. The Kier molecular flexibility index (Phi) is 4.13. The third-order valence-electron chi connectivity index (χ3n) is 6.56. The number of ether oxygens (including phenoxy) is 2. The van der Waals surface area contributed by atoms with E-state index in [2.05, 4.69) is 39.0 Å². The predicted octanol–water partition coefficient (Wildman–Crippen LogP) is 5.20. The fourth-order valence-electron chi connectivity index (χ4n) is 5.47. The molecule has 2 bridgehead atoms. The Labute approximate surface area is 140 Å². The molecule has 126 valence electrons. The van der Waals surface area contributed by atoms with Crippen molar-refractivity contribution in [1.82, 2.24) is 0 Å². The highest BCUT2D eigenvalue weighted by atomic mass is 16.7. The second-order valence-electron chi connectivity index (χ2n) is 8.32. The van der Waals surface area contributed by atoms with Gasteiger partial charge in [0.15, 0.2) is 0 Å². The van der Waals surface area contributed by atoms with Crippen LogP contribution in [0.1, 0.15) is 51.5 Å². The lowest BCUT2D eigenvalue weighted by Crippen LogP contribution is -2.37. The standard InChI is InChI=1S/C21H30O2/c1-13(2)21(22-19-10-5-4-7-14(19)3)23-20-12-15-11-18(20)17-9-6-8-16(15)17/h4-5,7,10,13,15-18,20-21H,6,8-9,11-12H2,1-3H3. The molecule has 1 aromatic carbocycles. The first kappa shape index (κ1) is 15.5. The third kappa shape index (κ3) is 2.80. The summed E-state index contributed by atoms with van der Waals surface area (Å²) in [5, 5.41) is 0. The van der Waals surface area contributed by atoms with E-state index < -0.39 is 0 Å². The molecule has 1 aromatic rings. The van der Waals surface area contributed by atoms with E-state index in [0.717, 1.165) is 29.4 Å². The smallest absolute Gasteiger partial charge is 0.202 e. The van der Waals surface area contributed by atoms with Crippen molar-refractivity contribution >= 4 is 0 Å². The minimum Gasteiger partial charge on any atom is -0.464 e. The quantitative estimate of drug-likeness (QED) is 0.696. The molecule has 0 aromatic heterocycles. The SMILES string of the molecule is Cc1ccccc1OC(OC1CC2CC1C1CCCC21)C(C)C. The first-order valence-corrected chi connectivity index (χ1v) is 9.51. The molecule has 3 aliphatic rings. The van der Waals surface area contributed by atoms with E-state index in [1.165, 1.54) is 37.7 Å². The highest BCUT2D eigenvalue weighted by molar-refractivity contribution is 5.31. The Balaban J connectivity index is 1.44. The fraction of sp³-hybridized carbons (Fsp3) is 0.714. The van der Waals surface area contributed by atoms with Crippen LogP contribution in [0.25, 0.3) is 0 Å². The first-order chi connectivity index (χ1) is 11.1. The summed E-state index contributed by atoms with van der Waals surface area (Å²) < 4.78 is 12.8. The topological polar surface area (TPSA) is 18.5 Å². The van der Waals surface area contributed by atoms with E-state index in [4.69, 9.17) is 9.47 Å². The van der Waals surface area contributed by atoms with Crippen molar-refractivity contribution in [2.75, 3.05) is 0 Å². The Morgan fingerprint density at radius 3 is 2.57 bits per heavy atom. The van der Waals surface area contributed by atoms with Gasteiger partial charge in [0.1, 0.15) is 5.75 Å². The Bertz CT molecular complexity index is 553. The van der Waals surface area contributed by atoms with Gasteiger partial charge in [0.05, 0.1) is 6.10 Å². The summed E-state index contributed by atoms with van der Waals surface area (Å²) in [5.41, 5.74) is 1.19. The molecule has 0 saturated heterocycles. The van der Waals surface area contributed by atoms with Crippen molar-refractivity contribution in [1.29, 1.82) is 0 Å². The molecule has 0 amide bonds. The largest absolute Gasteiger partial charge is 0.464 e. The van der Waals surface area contributed by atoms with Crippen LogP contribution >= 0.6 is 0 Å². The third-order valence-corrected chi connectivity index (χ3v) is 6.56. The minimum atomic E-state index is -0.125. The van der Waals surface area contributed by atoms with Crippen LogP contribution in [0.4, 0.5) is 0 Å². The van der Waals surface area contributed by atoms with Crippen LogP contribution in [0.15, 0.2) is 24.3 Å². The summed E-state index contributed by atoms with van der Waals surface area (Å²) in [7, 11) is 0. The molecule has 0 heterocycles. The summed E-state index contributed by atoms with van der Waals surface area (Å²) in [6, 6.07) is 8.26. The molecule has 0 N–H and O–H groups in total. The van der Waals surface area contributed by atoms with Crippen LogP contribution in [0.5, 0.6) is 5.75 Å². The van der Waals surface area contributed by atoms with E-state index in [1.807, 2.05) is 6.07 Å². The Hall–Kier alpha value is -1.02. The van der Waals surface area contributed by atoms with Crippen molar-refractivity contribution in [2.45, 2.75) is 65.3 Å². The lowest BCUT2D eigenvalue weighted by Gasteiger charge is -2.35. The molecule has 2 nitrogen and oxygen atoms in total. The van der Waals surface area contributed by atoms with Crippen molar-refractivity contribution in [2.24, 2.45) is 29.6 Å². The Morgan fingerprint density at radius 2 is 1.78 bits per heavy atom. The van der Waals surface area contributed by atoms with E-state index in [1.54, 1.807) is 0 Å². The van der Waals surface area contributed by atoms with Gasteiger partial charge in [-0.05, 0) is 67.9 Å². The molecule has 0 spiro atoms. The van der Waals surface area contributed by atoms with Gasteiger partial charge in [-0.3, -0.25) is 0 Å². The predicted molar refractivity (Wildman–Crippen MR) is 92.4 cm³/mol. The van der Waals surface area contributed by atoms with Crippen LogP contribution in [-0.2, 0) is 4.74 Å². The van der Waals surface area contributed by atoms with Crippen LogP contribution in [0.2, 0.25) is 0 Å². The zero-order valence-corrected chi connectivity index (χ0v) is 14.7. The summed E-state index contributed by atoms with van der Waals surface area (Å²) in [4.78, 5) is 0. The van der Waals surface area contributed by atoms with Crippen LogP contribution in [-0.4, -0.2) is 12.4 Å². The fourth-order valence-corrected chi connectivity index (χ4v) is 5.47. The molecule has 6 atom stereocenters. The molecular weight excluding hydrogens is 284 g/mol. The van der Waals surface area contributed by atoms with Gasteiger partial charge >= 0.3 is 0 Å². The molecule has 0 radical (unpaired) electrons. The van der Waals surface area contributed by atoms with Crippen molar-refractivity contribution in [3.05, 3.63) is 29.8 Å².